The maximum absolute atomic E-state index is 11.4. The molecule has 0 saturated carbocycles. The number of hydrogen-bond donors (Lipinski definition) is 0. The highest BCUT2D eigenvalue weighted by atomic mass is 16.2. The Labute approximate surface area is 80.7 Å². The SMILES string of the molecule is Cc1ccc2c(c1)C(=O)CC(=O)C2=O. The Kier molecular flexibility index (Phi) is 1.81. The van der Waals surface area contributed by atoms with E-state index in [4.69, 9.17) is 0 Å². The molecule has 0 aliphatic heterocycles. The Morgan fingerprint density at radius 3 is 2.43 bits per heavy atom. The summed E-state index contributed by atoms with van der Waals surface area (Å²) in [5, 5.41) is 0. The second-order valence-corrected chi connectivity index (χ2v) is 3.40. The van der Waals surface area contributed by atoms with Gasteiger partial charge < -0.3 is 0 Å². The fourth-order valence-electron chi connectivity index (χ4n) is 1.56. The summed E-state index contributed by atoms with van der Waals surface area (Å²) in [6.07, 6.45) is -0.282. The third-order valence-corrected chi connectivity index (χ3v) is 2.29. The third kappa shape index (κ3) is 1.18. The summed E-state index contributed by atoms with van der Waals surface area (Å²) in [7, 11) is 0. The maximum Gasteiger partial charge on any atom is 0.229 e. The van der Waals surface area contributed by atoms with Gasteiger partial charge in [-0.3, -0.25) is 14.4 Å². The van der Waals surface area contributed by atoms with Crippen molar-refractivity contribution in [1.82, 2.24) is 0 Å². The first kappa shape index (κ1) is 8.81. The van der Waals surface area contributed by atoms with Crippen LogP contribution in [0.5, 0.6) is 0 Å². The highest BCUT2D eigenvalue weighted by molar-refractivity contribution is 6.50. The monoisotopic (exact) mass is 188 g/mol. The minimum Gasteiger partial charge on any atom is -0.294 e. The lowest BCUT2D eigenvalue weighted by Crippen LogP contribution is -2.26. The van der Waals surface area contributed by atoms with Gasteiger partial charge in [0.25, 0.3) is 0 Å². The van der Waals surface area contributed by atoms with Crippen molar-refractivity contribution < 1.29 is 14.4 Å². The zero-order chi connectivity index (χ0) is 10.3. The van der Waals surface area contributed by atoms with Crippen LogP contribution in [0.2, 0.25) is 0 Å². The number of hydrogen-bond acceptors (Lipinski definition) is 3. The highest BCUT2D eigenvalue weighted by Gasteiger charge is 2.30. The smallest absolute Gasteiger partial charge is 0.229 e. The van der Waals surface area contributed by atoms with Gasteiger partial charge in [-0.15, -0.1) is 0 Å². The average Bonchev–Trinajstić information content (AvgIpc) is 2.14. The van der Waals surface area contributed by atoms with E-state index in [1.54, 1.807) is 18.2 Å². The Morgan fingerprint density at radius 2 is 1.71 bits per heavy atom. The van der Waals surface area contributed by atoms with Gasteiger partial charge in [-0.05, 0) is 19.1 Å². The van der Waals surface area contributed by atoms with Gasteiger partial charge in [0.15, 0.2) is 5.78 Å². The number of fused-ring (bicyclic) bond motifs is 1. The zero-order valence-corrected chi connectivity index (χ0v) is 7.66. The van der Waals surface area contributed by atoms with Crippen molar-refractivity contribution in [2.45, 2.75) is 13.3 Å². The molecule has 1 aliphatic carbocycles. The molecule has 0 heterocycles. The van der Waals surface area contributed by atoms with Crippen molar-refractivity contribution in [2.24, 2.45) is 0 Å². The molecule has 1 aliphatic rings. The van der Waals surface area contributed by atoms with E-state index < -0.39 is 11.6 Å². The van der Waals surface area contributed by atoms with E-state index in [0.717, 1.165) is 5.56 Å². The predicted molar refractivity (Wildman–Crippen MR) is 49.5 cm³/mol. The first-order valence-electron chi connectivity index (χ1n) is 4.31. The molecule has 3 heteroatoms. The van der Waals surface area contributed by atoms with Crippen LogP contribution in [0.1, 0.15) is 32.7 Å². The first-order valence-corrected chi connectivity index (χ1v) is 4.31. The minimum atomic E-state index is -0.605. The maximum atomic E-state index is 11.4. The number of benzene rings is 1. The molecule has 0 N–H and O–H groups in total. The fraction of sp³-hybridized carbons (Fsp3) is 0.182. The van der Waals surface area contributed by atoms with E-state index in [0.29, 0.717) is 5.56 Å². The van der Waals surface area contributed by atoms with Gasteiger partial charge in [-0.1, -0.05) is 11.6 Å². The summed E-state index contributed by atoms with van der Waals surface area (Å²) in [5.74, 6) is -1.40. The number of rotatable bonds is 0. The highest BCUT2D eigenvalue weighted by Crippen LogP contribution is 2.20. The Balaban J connectivity index is 2.67. The second-order valence-electron chi connectivity index (χ2n) is 3.40. The van der Waals surface area contributed by atoms with Gasteiger partial charge in [-0.25, -0.2) is 0 Å². The molecule has 0 saturated heterocycles. The molecule has 0 bridgehead atoms. The normalized spacial score (nSPS) is 15.6. The molecule has 3 nitrogen and oxygen atoms in total. The van der Waals surface area contributed by atoms with E-state index in [-0.39, 0.29) is 17.8 Å². The number of carbonyl (C=O) groups is 3. The molecule has 0 atom stereocenters. The molecule has 0 unspecified atom stereocenters. The summed E-state index contributed by atoms with van der Waals surface area (Å²) in [6.45, 7) is 1.84. The molecule has 70 valence electrons. The van der Waals surface area contributed by atoms with E-state index in [2.05, 4.69) is 0 Å². The van der Waals surface area contributed by atoms with E-state index >= 15 is 0 Å². The number of Topliss-reactive ketones (excluding diaryl/α,β-unsaturated/α-hetero) is 3. The number of ketones is 3. The molecular formula is C11H8O3. The fourth-order valence-corrected chi connectivity index (χ4v) is 1.56. The van der Waals surface area contributed by atoms with Crippen molar-refractivity contribution in [2.75, 3.05) is 0 Å². The van der Waals surface area contributed by atoms with E-state index in [1.807, 2.05) is 6.92 Å². The standard InChI is InChI=1S/C11H8O3/c1-6-2-3-7-8(4-6)9(12)5-10(13)11(7)14/h2-4H,5H2,1H3. The molecule has 0 amide bonds. The zero-order valence-electron chi connectivity index (χ0n) is 7.66. The molecule has 0 radical (unpaired) electrons. The lowest BCUT2D eigenvalue weighted by Gasteiger charge is -2.12. The van der Waals surface area contributed by atoms with Crippen LogP contribution < -0.4 is 0 Å². The third-order valence-electron chi connectivity index (χ3n) is 2.29. The molecule has 0 spiro atoms. The summed E-state index contributed by atoms with van der Waals surface area (Å²) < 4.78 is 0. The lowest BCUT2D eigenvalue weighted by molar-refractivity contribution is -0.114. The van der Waals surface area contributed by atoms with Gasteiger partial charge in [-0.2, -0.15) is 0 Å². The number of carbonyl (C=O) groups excluding carboxylic acids is 3. The summed E-state index contributed by atoms with van der Waals surface area (Å²) in [4.78, 5) is 33.9. The molecular weight excluding hydrogens is 180 g/mol. The van der Waals surface area contributed by atoms with Crippen molar-refractivity contribution in [3.8, 4) is 0 Å². The van der Waals surface area contributed by atoms with Crippen LogP contribution in [0.4, 0.5) is 0 Å². The lowest BCUT2D eigenvalue weighted by atomic mass is 9.88. The Hall–Kier alpha value is -1.77. The predicted octanol–water partition coefficient (Wildman–Crippen LogP) is 1.33. The molecule has 14 heavy (non-hydrogen) atoms. The molecule has 2 rings (SSSR count). The summed E-state index contributed by atoms with van der Waals surface area (Å²) >= 11 is 0. The van der Waals surface area contributed by atoms with E-state index in [9.17, 15) is 14.4 Å². The van der Waals surface area contributed by atoms with Crippen molar-refractivity contribution in [3.63, 3.8) is 0 Å². The molecule has 0 aromatic heterocycles. The van der Waals surface area contributed by atoms with Crippen LogP contribution in [0.15, 0.2) is 18.2 Å². The minimum absolute atomic E-state index is 0.247. The second kappa shape index (κ2) is 2.87. The largest absolute Gasteiger partial charge is 0.294 e. The first-order chi connectivity index (χ1) is 6.59. The van der Waals surface area contributed by atoms with Gasteiger partial charge >= 0.3 is 0 Å². The summed E-state index contributed by atoms with van der Waals surface area (Å²) in [6, 6.07) is 4.92. The molecule has 1 aromatic rings. The topological polar surface area (TPSA) is 51.2 Å². The van der Waals surface area contributed by atoms with Gasteiger partial charge in [0, 0.05) is 11.1 Å². The van der Waals surface area contributed by atoms with Gasteiger partial charge in [0.05, 0.1) is 6.42 Å². The van der Waals surface area contributed by atoms with Crippen LogP contribution in [0.25, 0.3) is 0 Å². The van der Waals surface area contributed by atoms with Crippen LogP contribution in [0, 0.1) is 6.92 Å². The number of aryl methyl sites for hydroxylation is 1. The van der Waals surface area contributed by atoms with Crippen LogP contribution in [-0.2, 0) is 4.79 Å². The van der Waals surface area contributed by atoms with Crippen molar-refractivity contribution >= 4 is 17.3 Å². The van der Waals surface area contributed by atoms with E-state index in [1.165, 1.54) is 0 Å². The summed E-state index contributed by atoms with van der Waals surface area (Å²) in [5.41, 5.74) is 1.55. The Bertz CT molecular complexity index is 458. The average molecular weight is 188 g/mol. The van der Waals surface area contributed by atoms with Crippen molar-refractivity contribution in [3.05, 3.63) is 34.9 Å². The Morgan fingerprint density at radius 1 is 1.00 bits per heavy atom. The van der Waals surface area contributed by atoms with Crippen molar-refractivity contribution in [1.29, 1.82) is 0 Å². The molecule has 1 aromatic carbocycles. The quantitative estimate of drug-likeness (QED) is 0.456. The van der Waals surface area contributed by atoms with Gasteiger partial charge in [0.2, 0.25) is 11.6 Å². The van der Waals surface area contributed by atoms with Gasteiger partial charge in [0.1, 0.15) is 0 Å². The van der Waals surface area contributed by atoms with Crippen LogP contribution >= 0.6 is 0 Å². The van der Waals surface area contributed by atoms with Crippen LogP contribution in [0.3, 0.4) is 0 Å². The van der Waals surface area contributed by atoms with Crippen LogP contribution in [-0.4, -0.2) is 17.3 Å². The molecule has 0 fully saturated rings.